The van der Waals surface area contributed by atoms with Gasteiger partial charge in [-0.2, -0.15) is 0 Å². The molecule has 0 aliphatic carbocycles. The molecule has 2 N–H and O–H groups in total. The number of carbonyl (C=O) groups is 2. The van der Waals surface area contributed by atoms with E-state index < -0.39 is 10.5 Å². The molecule has 0 aromatic carbocycles. The standard InChI is InChI=1S/C8H13Cl3N2O2/c1-3-6(15)13-7(12-5(2)14)8(10,11)4-9/h7H,3-4H2,1-2H3,(H,12,14)(H,13,15). The molecule has 15 heavy (non-hydrogen) atoms. The predicted octanol–water partition coefficient (Wildman–Crippen LogP) is 1.39. The topological polar surface area (TPSA) is 58.2 Å². The van der Waals surface area contributed by atoms with Crippen LogP contribution in [0.25, 0.3) is 0 Å². The van der Waals surface area contributed by atoms with Crippen molar-refractivity contribution in [3.8, 4) is 0 Å². The van der Waals surface area contributed by atoms with Gasteiger partial charge < -0.3 is 10.6 Å². The Morgan fingerprint density at radius 1 is 1.33 bits per heavy atom. The van der Waals surface area contributed by atoms with Crippen LogP contribution in [0.3, 0.4) is 0 Å². The summed E-state index contributed by atoms with van der Waals surface area (Å²) in [6.07, 6.45) is -0.634. The molecule has 7 heteroatoms. The molecular formula is C8H13Cl3N2O2. The van der Waals surface area contributed by atoms with Crippen molar-refractivity contribution in [1.82, 2.24) is 10.6 Å². The molecule has 0 aromatic heterocycles. The van der Waals surface area contributed by atoms with Crippen LogP contribution in [0.5, 0.6) is 0 Å². The second kappa shape index (κ2) is 6.40. The minimum absolute atomic E-state index is 0.120. The Balaban J connectivity index is 4.57. The molecule has 1 atom stereocenters. The first-order valence-corrected chi connectivity index (χ1v) is 5.62. The van der Waals surface area contributed by atoms with Crippen LogP contribution in [0, 0.1) is 0 Å². The molecule has 0 aliphatic rings. The summed E-state index contributed by atoms with van der Waals surface area (Å²) in [5, 5.41) is 4.89. The number of hydrogen-bond donors (Lipinski definition) is 2. The lowest BCUT2D eigenvalue weighted by molar-refractivity contribution is -0.123. The number of hydrogen-bond acceptors (Lipinski definition) is 2. The highest BCUT2D eigenvalue weighted by molar-refractivity contribution is 6.52. The van der Waals surface area contributed by atoms with Gasteiger partial charge in [0.15, 0.2) is 4.33 Å². The molecule has 0 aromatic rings. The Labute approximate surface area is 104 Å². The van der Waals surface area contributed by atoms with Gasteiger partial charge in [0.25, 0.3) is 0 Å². The third kappa shape index (κ3) is 5.44. The van der Waals surface area contributed by atoms with Gasteiger partial charge in [-0.3, -0.25) is 9.59 Å². The zero-order valence-corrected chi connectivity index (χ0v) is 10.7. The van der Waals surface area contributed by atoms with Gasteiger partial charge in [0, 0.05) is 13.3 Å². The lowest BCUT2D eigenvalue weighted by Crippen LogP contribution is -2.57. The molecule has 4 nitrogen and oxygen atoms in total. The summed E-state index contributed by atoms with van der Waals surface area (Å²) in [5.41, 5.74) is 0. The Morgan fingerprint density at radius 2 is 1.87 bits per heavy atom. The molecule has 0 spiro atoms. The third-order valence-electron chi connectivity index (χ3n) is 1.57. The van der Waals surface area contributed by atoms with E-state index in [1.165, 1.54) is 6.92 Å². The van der Waals surface area contributed by atoms with Crippen LogP contribution >= 0.6 is 34.8 Å². The van der Waals surface area contributed by atoms with Crippen LogP contribution in [0.2, 0.25) is 0 Å². The summed E-state index contributed by atoms with van der Waals surface area (Å²) in [6, 6.07) is 0. The van der Waals surface area contributed by atoms with Gasteiger partial charge >= 0.3 is 0 Å². The highest BCUT2D eigenvalue weighted by Crippen LogP contribution is 2.25. The van der Waals surface area contributed by atoms with Crippen LogP contribution in [0.15, 0.2) is 0 Å². The van der Waals surface area contributed by atoms with Gasteiger partial charge in [-0.15, -0.1) is 11.6 Å². The first-order valence-electron chi connectivity index (χ1n) is 4.33. The Hall–Kier alpha value is -0.190. The first kappa shape index (κ1) is 14.8. The summed E-state index contributed by atoms with van der Waals surface area (Å²) in [7, 11) is 0. The zero-order chi connectivity index (χ0) is 12.1. The number of amides is 2. The fourth-order valence-corrected chi connectivity index (χ4v) is 1.16. The van der Waals surface area contributed by atoms with Crippen molar-refractivity contribution in [2.75, 3.05) is 5.88 Å². The van der Waals surface area contributed by atoms with Crippen molar-refractivity contribution in [2.24, 2.45) is 0 Å². The van der Waals surface area contributed by atoms with Crippen molar-refractivity contribution >= 4 is 46.6 Å². The molecule has 0 bridgehead atoms. The summed E-state index contributed by atoms with van der Waals surface area (Å²) in [5.74, 6) is -0.748. The van der Waals surface area contributed by atoms with Gasteiger partial charge in [-0.05, 0) is 0 Å². The molecule has 0 saturated heterocycles. The average molecular weight is 276 g/mol. The summed E-state index contributed by atoms with van der Waals surface area (Å²) < 4.78 is -1.43. The predicted molar refractivity (Wildman–Crippen MR) is 61.2 cm³/mol. The SMILES string of the molecule is CCC(=O)NC(NC(C)=O)C(Cl)(Cl)CCl. The lowest BCUT2D eigenvalue weighted by Gasteiger charge is -2.29. The van der Waals surface area contributed by atoms with Gasteiger partial charge in [-0.25, -0.2) is 0 Å². The van der Waals surface area contributed by atoms with E-state index in [9.17, 15) is 9.59 Å². The van der Waals surface area contributed by atoms with E-state index in [1.54, 1.807) is 6.92 Å². The Morgan fingerprint density at radius 3 is 2.20 bits per heavy atom. The highest BCUT2D eigenvalue weighted by Gasteiger charge is 2.35. The summed E-state index contributed by atoms with van der Waals surface area (Å²) >= 11 is 17.2. The van der Waals surface area contributed by atoms with Crippen molar-refractivity contribution in [1.29, 1.82) is 0 Å². The van der Waals surface area contributed by atoms with E-state index in [-0.39, 0.29) is 24.1 Å². The van der Waals surface area contributed by atoms with Gasteiger partial charge in [0.05, 0.1) is 5.88 Å². The molecule has 0 saturated carbocycles. The van der Waals surface area contributed by atoms with Crippen LogP contribution in [0.1, 0.15) is 20.3 Å². The van der Waals surface area contributed by atoms with E-state index >= 15 is 0 Å². The Kier molecular flexibility index (Phi) is 6.32. The van der Waals surface area contributed by atoms with Crippen LogP contribution in [-0.4, -0.2) is 28.2 Å². The van der Waals surface area contributed by atoms with Gasteiger partial charge in [0.1, 0.15) is 6.17 Å². The van der Waals surface area contributed by atoms with Crippen LogP contribution in [0.4, 0.5) is 0 Å². The van der Waals surface area contributed by atoms with Gasteiger partial charge in [-0.1, -0.05) is 30.1 Å². The summed E-state index contributed by atoms with van der Waals surface area (Å²) in [6.45, 7) is 2.97. The van der Waals surface area contributed by atoms with E-state index in [4.69, 9.17) is 34.8 Å². The molecule has 0 heterocycles. The molecule has 1 unspecified atom stereocenters. The van der Waals surface area contributed by atoms with Crippen molar-refractivity contribution in [3.05, 3.63) is 0 Å². The maximum Gasteiger partial charge on any atom is 0.221 e. The minimum Gasteiger partial charge on any atom is -0.334 e. The van der Waals surface area contributed by atoms with E-state index in [1.807, 2.05) is 0 Å². The first-order chi connectivity index (χ1) is 6.83. The number of alkyl halides is 3. The van der Waals surface area contributed by atoms with Crippen LogP contribution < -0.4 is 10.6 Å². The maximum atomic E-state index is 11.1. The summed E-state index contributed by atoms with van der Waals surface area (Å²) in [4.78, 5) is 22.0. The number of rotatable bonds is 5. The van der Waals surface area contributed by atoms with Crippen molar-refractivity contribution in [3.63, 3.8) is 0 Å². The molecule has 2 amide bonds. The molecule has 0 rings (SSSR count). The quantitative estimate of drug-likeness (QED) is 0.588. The number of nitrogens with one attached hydrogen (secondary N) is 2. The highest BCUT2D eigenvalue weighted by atomic mass is 35.5. The largest absolute Gasteiger partial charge is 0.334 e. The number of halogens is 3. The van der Waals surface area contributed by atoms with Gasteiger partial charge in [0.2, 0.25) is 11.8 Å². The monoisotopic (exact) mass is 274 g/mol. The minimum atomic E-state index is -1.43. The maximum absolute atomic E-state index is 11.1. The molecular weight excluding hydrogens is 262 g/mol. The van der Waals surface area contributed by atoms with E-state index in [0.29, 0.717) is 0 Å². The lowest BCUT2D eigenvalue weighted by atomic mass is 10.3. The average Bonchev–Trinajstić information content (AvgIpc) is 2.15. The zero-order valence-electron chi connectivity index (χ0n) is 8.44. The normalized spacial score (nSPS) is 13.1. The van der Waals surface area contributed by atoms with Crippen molar-refractivity contribution < 1.29 is 9.59 Å². The van der Waals surface area contributed by atoms with Crippen molar-refractivity contribution in [2.45, 2.75) is 30.8 Å². The molecule has 0 aliphatic heterocycles. The third-order valence-corrected chi connectivity index (χ3v) is 2.97. The molecule has 88 valence electrons. The molecule has 0 fully saturated rings. The number of carbonyl (C=O) groups excluding carboxylic acids is 2. The van der Waals surface area contributed by atoms with E-state index in [2.05, 4.69) is 10.6 Å². The molecule has 0 radical (unpaired) electrons. The second-order valence-corrected chi connectivity index (χ2v) is 4.76. The Bertz CT molecular complexity index is 246. The smallest absolute Gasteiger partial charge is 0.221 e. The second-order valence-electron chi connectivity index (χ2n) is 2.95. The van der Waals surface area contributed by atoms with E-state index in [0.717, 1.165) is 0 Å². The fourth-order valence-electron chi connectivity index (χ4n) is 0.791. The van der Waals surface area contributed by atoms with Crippen LogP contribution in [-0.2, 0) is 9.59 Å². The fraction of sp³-hybridized carbons (Fsp3) is 0.750.